The molecule has 1 N–H and O–H groups in total. The minimum Gasteiger partial charge on any atom is -0.338 e. The number of fused-ring (bicyclic) bond motifs is 2. The lowest BCUT2D eigenvalue weighted by Gasteiger charge is -2.39. The summed E-state index contributed by atoms with van der Waals surface area (Å²) in [4.78, 5) is 14.6. The van der Waals surface area contributed by atoms with Crippen molar-refractivity contribution in [3.05, 3.63) is 0 Å². The fourth-order valence-electron chi connectivity index (χ4n) is 4.19. The van der Waals surface area contributed by atoms with E-state index < -0.39 is 0 Å². The standard InChI is InChI=1S/C16H30N2O/c1-14(2,3)17-9-13(19)18-11-16(6)8-12(18)7-15(4,5)10-16/h12,17H,7-11H2,1-6H3. The average Bonchev–Trinajstić information content (AvgIpc) is 2.43. The summed E-state index contributed by atoms with van der Waals surface area (Å²) in [6.07, 6.45) is 3.59. The van der Waals surface area contributed by atoms with Crippen LogP contribution in [0.1, 0.15) is 60.8 Å². The van der Waals surface area contributed by atoms with E-state index in [-0.39, 0.29) is 11.4 Å². The third-order valence-electron chi connectivity index (χ3n) is 4.51. The van der Waals surface area contributed by atoms with Crippen LogP contribution < -0.4 is 5.32 Å². The molecule has 2 atom stereocenters. The molecule has 1 aliphatic heterocycles. The molecule has 0 aromatic carbocycles. The number of carbonyl (C=O) groups excluding carboxylic acids is 1. The number of rotatable bonds is 2. The van der Waals surface area contributed by atoms with Gasteiger partial charge in [-0.25, -0.2) is 0 Å². The molecule has 19 heavy (non-hydrogen) atoms. The van der Waals surface area contributed by atoms with E-state index in [1.807, 2.05) is 0 Å². The van der Waals surface area contributed by atoms with Crippen molar-refractivity contribution in [2.45, 2.75) is 72.4 Å². The van der Waals surface area contributed by atoms with Crippen LogP contribution in [0, 0.1) is 10.8 Å². The largest absolute Gasteiger partial charge is 0.338 e. The van der Waals surface area contributed by atoms with Gasteiger partial charge in [-0.3, -0.25) is 4.79 Å². The quantitative estimate of drug-likeness (QED) is 0.833. The summed E-state index contributed by atoms with van der Waals surface area (Å²) in [5.41, 5.74) is 0.724. The van der Waals surface area contributed by atoms with Crippen molar-refractivity contribution in [2.24, 2.45) is 10.8 Å². The number of hydrogen-bond acceptors (Lipinski definition) is 2. The molecule has 1 saturated heterocycles. The zero-order valence-corrected chi connectivity index (χ0v) is 13.5. The van der Waals surface area contributed by atoms with E-state index in [9.17, 15) is 4.79 Å². The van der Waals surface area contributed by atoms with Gasteiger partial charge in [0.05, 0.1) is 6.54 Å². The summed E-state index contributed by atoms with van der Waals surface area (Å²) in [7, 11) is 0. The van der Waals surface area contributed by atoms with Crippen molar-refractivity contribution in [3.63, 3.8) is 0 Å². The molecular formula is C16H30N2O. The van der Waals surface area contributed by atoms with Gasteiger partial charge >= 0.3 is 0 Å². The number of nitrogens with one attached hydrogen (secondary N) is 1. The molecule has 110 valence electrons. The first-order chi connectivity index (χ1) is 8.50. The van der Waals surface area contributed by atoms with Crippen molar-refractivity contribution in [2.75, 3.05) is 13.1 Å². The molecule has 3 nitrogen and oxygen atoms in total. The Kier molecular flexibility index (Phi) is 3.49. The van der Waals surface area contributed by atoms with E-state index >= 15 is 0 Å². The van der Waals surface area contributed by atoms with E-state index in [0.29, 0.717) is 23.4 Å². The summed E-state index contributed by atoms with van der Waals surface area (Å²) in [5, 5.41) is 3.32. The summed E-state index contributed by atoms with van der Waals surface area (Å²) in [5.74, 6) is 0.279. The average molecular weight is 266 g/mol. The van der Waals surface area contributed by atoms with Crippen molar-refractivity contribution in [1.82, 2.24) is 10.2 Å². The maximum atomic E-state index is 12.5. The zero-order valence-electron chi connectivity index (χ0n) is 13.5. The van der Waals surface area contributed by atoms with Crippen LogP contribution in [-0.2, 0) is 4.79 Å². The Balaban J connectivity index is 2.01. The number of hydrogen-bond donors (Lipinski definition) is 1. The Labute approximate surface area is 118 Å². The molecule has 0 aromatic heterocycles. The highest BCUT2D eigenvalue weighted by molar-refractivity contribution is 5.79. The summed E-state index contributed by atoms with van der Waals surface area (Å²) in [6, 6.07) is 0.461. The van der Waals surface area contributed by atoms with E-state index in [0.717, 1.165) is 13.0 Å². The predicted molar refractivity (Wildman–Crippen MR) is 79.0 cm³/mol. The van der Waals surface area contributed by atoms with Crippen LogP contribution in [0.4, 0.5) is 0 Å². The second-order valence-corrected chi connectivity index (χ2v) is 8.84. The Morgan fingerprint density at radius 1 is 1.26 bits per heavy atom. The second-order valence-electron chi connectivity index (χ2n) is 8.84. The van der Waals surface area contributed by atoms with Crippen molar-refractivity contribution >= 4 is 5.91 Å². The minimum absolute atomic E-state index is 0.00757. The van der Waals surface area contributed by atoms with Crippen LogP contribution in [-0.4, -0.2) is 35.5 Å². The molecule has 1 aliphatic carbocycles. The number of amides is 1. The maximum absolute atomic E-state index is 12.5. The van der Waals surface area contributed by atoms with Gasteiger partial charge in [0, 0.05) is 18.1 Å². The monoisotopic (exact) mass is 266 g/mol. The molecule has 1 heterocycles. The summed E-state index contributed by atoms with van der Waals surface area (Å²) >= 11 is 0. The van der Waals surface area contributed by atoms with Crippen molar-refractivity contribution in [3.8, 4) is 0 Å². The van der Waals surface area contributed by atoms with Crippen molar-refractivity contribution in [1.29, 1.82) is 0 Å². The summed E-state index contributed by atoms with van der Waals surface area (Å²) < 4.78 is 0. The van der Waals surface area contributed by atoms with Gasteiger partial charge in [-0.15, -0.1) is 0 Å². The number of likely N-dealkylation sites (tertiary alicyclic amines) is 1. The zero-order chi connectivity index (χ0) is 14.5. The van der Waals surface area contributed by atoms with Crippen LogP contribution in [0.25, 0.3) is 0 Å². The Morgan fingerprint density at radius 3 is 2.47 bits per heavy atom. The van der Waals surface area contributed by atoms with Crippen LogP contribution in [0.3, 0.4) is 0 Å². The number of carbonyl (C=O) groups is 1. The highest BCUT2D eigenvalue weighted by atomic mass is 16.2. The van der Waals surface area contributed by atoms with Gasteiger partial charge in [0.25, 0.3) is 0 Å². The summed E-state index contributed by atoms with van der Waals surface area (Å²) in [6.45, 7) is 14.8. The minimum atomic E-state index is 0.00757. The Morgan fingerprint density at radius 2 is 1.89 bits per heavy atom. The Bertz CT molecular complexity index is 369. The molecular weight excluding hydrogens is 236 g/mol. The predicted octanol–water partition coefficient (Wildman–Crippen LogP) is 2.80. The highest BCUT2D eigenvalue weighted by Crippen LogP contribution is 2.52. The molecule has 2 rings (SSSR count). The van der Waals surface area contributed by atoms with Gasteiger partial charge in [-0.05, 0) is 50.9 Å². The number of nitrogens with zero attached hydrogens (tertiary/aromatic N) is 1. The highest BCUT2D eigenvalue weighted by Gasteiger charge is 2.50. The van der Waals surface area contributed by atoms with Crippen LogP contribution in [0.5, 0.6) is 0 Å². The molecule has 2 aliphatic rings. The molecule has 0 spiro atoms. The molecule has 2 bridgehead atoms. The third-order valence-corrected chi connectivity index (χ3v) is 4.51. The van der Waals surface area contributed by atoms with Gasteiger partial charge in [0.2, 0.25) is 5.91 Å². The van der Waals surface area contributed by atoms with E-state index in [2.05, 4.69) is 51.8 Å². The fraction of sp³-hybridized carbons (Fsp3) is 0.938. The van der Waals surface area contributed by atoms with E-state index in [1.54, 1.807) is 0 Å². The third kappa shape index (κ3) is 3.50. The normalized spacial score (nSPS) is 33.6. The molecule has 1 amide bonds. The van der Waals surface area contributed by atoms with Crippen LogP contribution in [0.15, 0.2) is 0 Å². The lowest BCUT2D eigenvalue weighted by molar-refractivity contribution is -0.131. The molecule has 0 radical (unpaired) electrons. The molecule has 2 fully saturated rings. The van der Waals surface area contributed by atoms with Gasteiger partial charge < -0.3 is 10.2 Å². The van der Waals surface area contributed by atoms with Crippen LogP contribution in [0.2, 0.25) is 0 Å². The smallest absolute Gasteiger partial charge is 0.236 e. The van der Waals surface area contributed by atoms with Gasteiger partial charge in [-0.2, -0.15) is 0 Å². The van der Waals surface area contributed by atoms with E-state index in [1.165, 1.54) is 12.8 Å². The van der Waals surface area contributed by atoms with Gasteiger partial charge in [-0.1, -0.05) is 20.8 Å². The van der Waals surface area contributed by atoms with Gasteiger partial charge in [0.1, 0.15) is 0 Å². The SMILES string of the molecule is CC1(C)CC2CC(C)(CN2C(=O)CNC(C)(C)C)C1. The first-order valence-electron chi connectivity index (χ1n) is 7.54. The van der Waals surface area contributed by atoms with Crippen molar-refractivity contribution < 1.29 is 4.79 Å². The Hall–Kier alpha value is -0.570. The van der Waals surface area contributed by atoms with Gasteiger partial charge in [0.15, 0.2) is 0 Å². The molecule has 2 unspecified atom stereocenters. The molecule has 3 heteroatoms. The van der Waals surface area contributed by atoms with Crippen LogP contribution >= 0.6 is 0 Å². The lowest BCUT2D eigenvalue weighted by Crippen LogP contribution is -2.46. The maximum Gasteiger partial charge on any atom is 0.236 e. The molecule has 0 aromatic rings. The first kappa shape index (κ1) is 14.8. The fourth-order valence-corrected chi connectivity index (χ4v) is 4.19. The topological polar surface area (TPSA) is 32.3 Å². The molecule has 1 saturated carbocycles. The second kappa shape index (κ2) is 4.47. The lowest BCUT2D eigenvalue weighted by atomic mass is 9.65. The first-order valence-corrected chi connectivity index (χ1v) is 7.54. The van der Waals surface area contributed by atoms with E-state index in [4.69, 9.17) is 0 Å².